The highest BCUT2D eigenvalue weighted by atomic mass is 35.5. The zero-order valence-electron chi connectivity index (χ0n) is 11.7. The second-order valence-electron chi connectivity index (χ2n) is 4.61. The van der Waals surface area contributed by atoms with Gasteiger partial charge in [0.1, 0.15) is 0 Å². The number of aryl methyl sites for hydroxylation is 2. The third kappa shape index (κ3) is 2.73. The van der Waals surface area contributed by atoms with Crippen LogP contribution in [0.2, 0.25) is 5.15 Å². The Morgan fingerprint density at radius 1 is 1.42 bits per heavy atom. The van der Waals surface area contributed by atoms with E-state index in [0.29, 0.717) is 5.15 Å². The van der Waals surface area contributed by atoms with Crippen LogP contribution in [-0.4, -0.2) is 14.8 Å². The van der Waals surface area contributed by atoms with Crippen molar-refractivity contribution in [3.8, 4) is 0 Å². The van der Waals surface area contributed by atoms with Gasteiger partial charge in [-0.25, -0.2) is 4.98 Å². The smallest absolute Gasteiger partial charge is 0.152 e. The van der Waals surface area contributed by atoms with E-state index in [1.54, 1.807) is 6.20 Å². The molecule has 0 aliphatic heterocycles. The zero-order chi connectivity index (χ0) is 14.0. The lowest BCUT2D eigenvalue weighted by Gasteiger charge is -2.16. The summed E-state index contributed by atoms with van der Waals surface area (Å²) in [7, 11) is 0. The molecule has 0 aliphatic rings. The maximum absolute atomic E-state index is 6.07. The minimum Gasteiger partial charge on any atom is -0.376 e. The standard InChI is InChI=1S/C14H19ClN4/c1-5-19-11(4)13(10(3)18-19)9(2)17-12-7-6-8-16-14(12)15/h6-9,17H,5H2,1-4H3. The summed E-state index contributed by atoms with van der Waals surface area (Å²) in [6.45, 7) is 9.23. The quantitative estimate of drug-likeness (QED) is 0.867. The van der Waals surface area contributed by atoms with Crippen LogP contribution in [0.4, 0.5) is 5.69 Å². The van der Waals surface area contributed by atoms with Gasteiger partial charge in [0, 0.05) is 24.0 Å². The summed E-state index contributed by atoms with van der Waals surface area (Å²) in [6.07, 6.45) is 1.68. The van der Waals surface area contributed by atoms with Crippen LogP contribution in [-0.2, 0) is 6.54 Å². The Labute approximate surface area is 118 Å². The number of aromatic nitrogens is 3. The molecule has 0 spiro atoms. The van der Waals surface area contributed by atoms with E-state index in [4.69, 9.17) is 11.6 Å². The fraction of sp³-hybridized carbons (Fsp3) is 0.429. The van der Waals surface area contributed by atoms with Gasteiger partial charge in [-0.15, -0.1) is 0 Å². The first-order valence-electron chi connectivity index (χ1n) is 6.45. The van der Waals surface area contributed by atoms with Crippen LogP contribution < -0.4 is 5.32 Å². The van der Waals surface area contributed by atoms with E-state index in [-0.39, 0.29) is 6.04 Å². The number of halogens is 1. The number of rotatable bonds is 4. The SMILES string of the molecule is CCn1nc(C)c(C(C)Nc2cccnc2Cl)c1C. The zero-order valence-corrected chi connectivity index (χ0v) is 12.5. The summed E-state index contributed by atoms with van der Waals surface area (Å²) in [4.78, 5) is 4.07. The van der Waals surface area contributed by atoms with Crippen LogP contribution in [0.5, 0.6) is 0 Å². The molecule has 2 rings (SSSR count). The van der Waals surface area contributed by atoms with Crippen molar-refractivity contribution in [1.82, 2.24) is 14.8 Å². The summed E-state index contributed by atoms with van der Waals surface area (Å²) in [5.41, 5.74) is 4.32. The average molecular weight is 279 g/mol. The molecule has 102 valence electrons. The van der Waals surface area contributed by atoms with Crippen LogP contribution in [0.15, 0.2) is 18.3 Å². The lowest BCUT2D eigenvalue weighted by molar-refractivity contribution is 0.632. The Bertz CT molecular complexity index is 577. The van der Waals surface area contributed by atoms with Crippen LogP contribution in [0, 0.1) is 13.8 Å². The molecule has 1 unspecified atom stereocenters. The fourth-order valence-corrected chi connectivity index (χ4v) is 2.62. The van der Waals surface area contributed by atoms with Crippen LogP contribution >= 0.6 is 11.6 Å². The largest absolute Gasteiger partial charge is 0.376 e. The fourth-order valence-electron chi connectivity index (χ4n) is 2.44. The van der Waals surface area contributed by atoms with Crippen molar-refractivity contribution in [2.75, 3.05) is 5.32 Å². The van der Waals surface area contributed by atoms with Gasteiger partial charge in [0.2, 0.25) is 0 Å². The molecule has 19 heavy (non-hydrogen) atoms. The van der Waals surface area contributed by atoms with Crippen molar-refractivity contribution in [2.24, 2.45) is 0 Å². The molecule has 0 aromatic carbocycles. The molecule has 1 N–H and O–H groups in total. The number of hydrogen-bond donors (Lipinski definition) is 1. The van der Waals surface area contributed by atoms with Gasteiger partial charge in [-0.2, -0.15) is 5.10 Å². The van der Waals surface area contributed by atoms with Gasteiger partial charge in [-0.05, 0) is 39.8 Å². The van der Waals surface area contributed by atoms with E-state index < -0.39 is 0 Å². The van der Waals surface area contributed by atoms with Gasteiger partial charge in [-0.1, -0.05) is 11.6 Å². The minimum absolute atomic E-state index is 0.141. The van der Waals surface area contributed by atoms with E-state index in [1.165, 1.54) is 11.3 Å². The monoisotopic (exact) mass is 278 g/mol. The molecule has 0 aliphatic carbocycles. The summed E-state index contributed by atoms with van der Waals surface area (Å²) in [6, 6.07) is 3.94. The first-order chi connectivity index (χ1) is 9.04. The number of nitrogens with zero attached hydrogens (tertiary/aromatic N) is 3. The molecular formula is C14H19ClN4. The molecule has 0 amide bonds. The molecular weight excluding hydrogens is 260 g/mol. The predicted molar refractivity (Wildman–Crippen MR) is 78.7 cm³/mol. The molecule has 1 atom stereocenters. The topological polar surface area (TPSA) is 42.7 Å². The van der Waals surface area contributed by atoms with Gasteiger partial charge in [0.15, 0.2) is 5.15 Å². The van der Waals surface area contributed by atoms with Crippen molar-refractivity contribution in [3.05, 3.63) is 40.4 Å². The van der Waals surface area contributed by atoms with Gasteiger partial charge < -0.3 is 5.32 Å². The summed E-state index contributed by atoms with van der Waals surface area (Å²) < 4.78 is 2.02. The molecule has 0 radical (unpaired) electrons. The number of nitrogens with one attached hydrogen (secondary N) is 1. The Morgan fingerprint density at radius 3 is 2.74 bits per heavy atom. The third-order valence-electron chi connectivity index (χ3n) is 3.30. The van der Waals surface area contributed by atoms with E-state index in [1.807, 2.05) is 23.7 Å². The molecule has 0 fully saturated rings. The molecule has 0 saturated carbocycles. The molecule has 2 aromatic rings. The van der Waals surface area contributed by atoms with E-state index >= 15 is 0 Å². The summed E-state index contributed by atoms with van der Waals surface area (Å²) in [5, 5.41) is 8.43. The first-order valence-corrected chi connectivity index (χ1v) is 6.83. The highest BCUT2D eigenvalue weighted by Crippen LogP contribution is 2.27. The van der Waals surface area contributed by atoms with Crippen molar-refractivity contribution >= 4 is 17.3 Å². The summed E-state index contributed by atoms with van der Waals surface area (Å²) in [5.74, 6) is 0. The van der Waals surface area contributed by atoms with Crippen LogP contribution in [0.3, 0.4) is 0 Å². The second-order valence-corrected chi connectivity index (χ2v) is 4.97. The maximum Gasteiger partial charge on any atom is 0.152 e. The van der Waals surface area contributed by atoms with E-state index in [2.05, 4.69) is 36.2 Å². The molecule has 2 heterocycles. The molecule has 4 nitrogen and oxygen atoms in total. The van der Waals surface area contributed by atoms with Crippen LogP contribution in [0.25, 0.3) is 0 Å². The van der Waals surface area contributed by atoms with Gasteiger partial charge in [0.25, 0.3) is 0 Å². The number of anilines is 1. The van der Waals surface area contributed by atoms with Crippen molar-refractivity contribution in [3.63, 3.8) is 0 Å². The van der Waals surface area contributed by atoms with Crippen molar-refractivity contribution < 1.29 is 0 Å². The lowest BCUT2D eigenvalue weighted by Crippen LogP contribution is -2.10. The van der Waals surface area contributed by atoms with Crippen molar-refractivity contribution in [1.29, 1.82) is 0 Å². The molecule has 0 bridgehead atoms. The molecule has 2 aromatic heterocycles. The average Bonchev–Trinajstić information content (AvgIpc) is 2.67. The van der Waals surface area contributed by atoms with Gasteiger partial charge >= 0.3 is 0 Å². The Morgan fingerprint density at radius 2 is 2.16 bits per heavy atom. The maximum atomic E-state index is 6.07. The van der Waals surface area contributed by atoms with E-state index in [0.717, 1.165) is 17.9 Å². The van der Waals surface area contributed by atoms with Gasteiger partial charge in [0.05, 0.1) is 17.4 Å². The number of pyridine rings is 1. The number of hydrogen-bond acceptors (Lipinski definition) is 3. The summed E-state index contributed by atoms with van der Waals surface area (Å²) >= 11 is 6.07. The van der Waals surface area contributed by atoms with Gasteiger partial charge in [-0.3, -0.25) is 4.68 Å². The minimum atomic E-state index is 0.141. The Kier molecular flexibility index (Phi) is 4.10. The highest BCUT2D eigenvalue weighted by Gasteiger charge is 2.17. The second kappa shape index (κ2) is 5.61. The van der Waals surface area contributed by atoms with Crippen LogP contribution in [0.1, 0.15) is 36.8 Å². The molecule has 0 saturated heterocycles. The first kappa shape index (κ1) is 13.9. The molecule has 5 heteroatoms. The third-order valence-corrected chi connectivity index (χ3v) is 3.60. The normalized spacial score (nSPS) is 12.5. The van der Waals surface area contributed by atoms with Crippen molar-refractivity contribution in [2.45, 2.75) is 40.3 Å². The van der Waals surface area contributed by atoms with E-state index in [9.17, 15) is 0 Å². The predicted octanol–water partition coefficient (Wildman–Crippen LogP) is 3.74. The lowest BCUT2D eigenvalue weighted by atomic mass is 10.1. The Balaban J connectivity index is 2.28. The highest BCUT2D eigenvalue weighted by molar-refractivity contribution is 6.31. The Hall–Kier alpha value is -1.55.